The summed E-state index contributed by atoms with van der Waals surface area (Å²) in [6.07, 6.45) is 0.505. The number of carboxylic acid groups (broad SMARTS) is 1. The van der Waals surface area contributed by atoms with Crippen LogP contribution in [-0.2, 0) is 4.79 Å². The Morgan fingerprint density at radius 3 is 2.92 bits per heavy atom. The first-order valence-corrected chi connectivity index (χ1v) is 4.79. The Morgan fingerprint density at radius 2 is 2.42 bits per heavy atom. The number of hydrogen-bond donors (Lipinski definition) is 2. The van der Waals surface area contributed by atoms with E-state index in [-0.39, 0.29) is 0 Å². The number of carbonyl (C=O) groups is 1. The fourth-order valence-electron chi connectivity index (χ4n) is 0.529. The molecule has 0 amide bonds. The summed E-state index contributed by atoms with van der Waals surface area (Å²) in [5.74, 6) is 6.21. The number of aliphatic carboxylic acids is 1. The zero-order valence-corrected chi connectivity index (χ0v) is 7.86. The lowest BCUT2D eigenvalue weighted by Crippen LogP contribution is -2.30. The second-order valence-electron chi connectivity index (χ2n) is 2.21. The van der Waals surface area contributed by atoms with Gasteiger partial charge in [-0.15, -0.1) is 17.7 Å². The van der Waals surface area contributed by atoms with Crippen molar-refractivity contribution < 1.29 is 9.90 Å². The molecule has 0 radical (unpaired) electrons. The lowest BCUT2D eigenvalue weighted by molar-refractivity contribution is -0.138. The van der Waals surface area contributed by atoms with Gasteiger partial charge in [-0.3, -0.25) is 4.79 Å². The number of hydrogen-bond acceptors (Lipinski definition) is 3. The van der Waals surface area contributed by atoms with Crippen molar-refractivity contribution in [2.75, 3.05) is 11.5 Å². The van der Waals surface area contributed by atoms with Crippen LogP contribution in [0, 0.1) is 11.8 Å². The molecule has 3 N–H and O–H groups in total. The van der Waals surface area contributed by atoms with Crippen LogP contribution < -0.4 is 5.73 Å². The maximum absolute atomic E-state index is 10.3. The predicted molar refractivity (Wildman–Crippen MR) is 51.0 cm³/mol. The predicted octanol–water partition coefficient (Wildman–Crippen LogP) is 0.545. The molecule has 0 spiro atoms. The van der Waals surface area contributed by atoms with Gasteiger partial charge in [-0.25, -0.2) is 0 Å². The summed E-state index contributed by atoms with van der Waals surface area (Å²) >= 11 is 1.61. The van der Waals surface area contributed by atoms with E-state index in [1.54, 1.807) is 18.7 Å². The Kier molecular flexibility index (Phi) is 6.63. The summed E-state index contributed by atoms with van der Waals surface area (Å²) in [7, 11) is 0. The number of carboxylic acids is 1. The fourth-order valence-corrected chi connectivity index (χ4v) is 1.34. The maximum atomic E-state index is 10.3. The van der Waals surface area contributed by atoms with E-state index < -0.39 is 12.0 Å². The van der Waals surface area contributed by atoms with Gasteiger partial charge < -0.3 is 10.8 Å². The molecule has 0 aliphatic heterocycles. The molecule has 12 heavy (non-hydrogen) atoms. The van der Waals surface area contributed by atoms with Crippen molar-refractivity contribution in [3.05, 3.63) is 0 Å². The largest absolute Gasteiger partial charge is 0.480 e. The average Bonchev–Trinajstić information content (AvgIpc) is 2.03. The molecule has 4 heteroatoms. The second kappa shape index (κ2) is 7.01. The van der Waals surface area contributed by atoms with Crippen molar-refractivity contribution in [3.8, 4) is 11.8 Å². The zero-order valence-electron chi connectivity index (χ0n) is 7.04. The van der Waals surface area contributed by atoms with Crippen LogP contribution in [0.2, 0.25) is 0 Å². The van der Waals surface area contributed by atoms with Gasteiger partial charge in [0.25, 0.3) is 0 Å². The Labute approximate surface area is 76.7 Å². The smallest absolute Gasteiger partial charge is 0.320 e. The molecule has 0 aromatic rings. The third kappa shape index (κ3) is 6.08. The van der Waals surface area contributed by atoms with Crippen LogP contribution in [-0.4, -0.2) is 28.6 Å². The molecule has 0 heterocycles. The molecule has 68 valence electrons. The van der Waals surface area contributed by atoms with Crippen molar-refractivity contribution in [1.82, 2.24) is 0 Å². The molecule has 0 saturated carbocycles. The molecular formula is C8H13NO2S. The van der Waals surface area contributed by atoms with Gasteiger partial charge >= 0.3 is 5.97 Å². The number of rotatable bonds is 5. The van der Waals surface area contributed by atoms with Crippen LogP contribution in [0.25, 0.3) is 0 Å². The summed E-state index contributed by atoms with van der Waals surface area (Å²) < 4.78 is 0. The van der Waals surface area contributed by atoms with Gasteiger partial charge in [0.15, 0.2) is 0 Å². The van der Waals surface area contributed by atoms with E-state index in [0.717, 1.165) is 11.5 Å². The Morgan fingerprint density at radius 1 is 1.75 bits per heavy atom. The van der Waals surface area contributed by atoms with E-state index in [4.69, 9.17) is 10.8 Å². The standard InChI is InChI=1S/C8H13NO2S/c1-2-3-5-12-6-4-7(9)8(10)11/h7H,4-6,9H2,1H3,(H,10,11). The minimum atomic E-state index is -0.933. The first-order valence-electron chi connectivity index (χ1n) is 3.64. The molecule has 0 aromatic heterocycles. The number of nitrogens with two attached hydrogens (primary N) is 1. The maximum Gasteiger partial charge on any atom is 0.320 e. The third-order valence-electron chi connectivity index (χ3n) is 1.24. The highest BCUT2D eigenvalue weighted by atomic mass is 32.2. The summed E-state index contributed by atoms with van der Waals surface area (Å²) in [5.41, 5.74) is 5.28. The number of thioether (sulfide) groups is 1. The van der Waals surface area contributed by atoms with Crippen LogP contribution in [0.1, 0.15) is 13.3 Å². The highest BCUT2D eigenvalue weighted by Gasteiger charge is 2.09. The molecule has 0 aliphatic rings. The monoisotopic (exact) mass is 187 g/mol. The van der Waals surface area contributed by atoms with Gasteiger partial charge in [-0.2, -0.15) is 0 Å². The SMILES string of the molecule is CC#CCSCCC(N)C(=O)O. The summed E-state index contributed by atoms with van der Waals surface area (Å²) in [4.78, 5) is 10.3. The van der Waals surface area contributed by atoms with Gasteiger partial charge in [-0.05, 0) is 19.1 Å². The first kappa shape index (κ1) is 11.3. The lowest BCUT2D eigenvalue weighted by Gasteiger charge is -2.03. The Bertz CT molecular complexity index is 195. The van der Waals surface area contributed by atoms with Crippen molar-refractivity contribution in [2.24, 2.45) is 5.73 Å². The first-order chi connectivity index (χ1) is 5.68. The summed E-state index contributed by atoms with van der Waals surface area (Å²) in [5, 5.41) is 8.42. The van der Waals surface area contributed by atoms with Crippen LogP contribution in [0.4, 0.5) is 0 Å². The molecule has 0 aliphatic carbocycles. The molecule has 0 aromatic carbocycles. The molecule has 0 rings (SSSR count). The van der Waals surface area contributed by atoms with E-state index in [1.165, 1.54) is 0 Å². The van der Waals surface area contributed by atoms with Crippen molar-refractivity contribution in [3.63, 3.8) is 0 Å². The average molecular weight is 187 g/mol. The van der Waals surface area contributed by atoms with Crippen molar-refractivity contribution in [1.29, 1.82) is 0 Å². The molecule has 1 unspecified atom stereocenters. The van der Waals surface area contributed by atoms with Gasteiger partial charge in [0.05, 0.1) is 5.75 Å². The van der Waals surface area contributed by atoms with E-state index >= 15 is 0 Å². The minimum Gasteiger partial charge on any atom is -0.480 e. The van der Waals surface area contributed by atoms with E-state index in [1.807, 2.05) is 0 Å². The van der Waals surface area contributed by atoms with Gasteiger partial charge in [0.1, 0.15) is 6.04 Å². The molecule has 0 bridgehead atoms. The van der Waals surface area contributed by atoms with E-state index in [0.29, 0.717) is 6.42 Å². The summed E-state index contributed by atoms with van der Waals surface area (Å²) in [6, 6.07) is -0.730. The molecule has 0 saturated heterocycles. The van der Waals surface area contributed by atoms with E-state index in [9.17, 15) is 4.79 Å². The molecular weight excluding hydrogens is 174 g/mol. The Hall–Kier alpha value is -0.660. The summed E-state index contributed by atoms with van der Waals surface area (Å²) in [6.45, 7) is 1.78. The van der Waals surface area contributed by atoms with Crippen LogP contribution >= 0.6 is 11.8 Å². The molecule has 3 nitrogen and oxygen atoms in total. The highest BCUT2D eigenvalue weighted by molar-refractivity contribution is 7.99. The van der Waals surface area contributed by atoms with Crippen LogP contribution in [0.15, 0.2) is 0 Å². The van der Waals surface area contributed by atoms with Crippen LogP contribution in [0.5, 0.6) is 0 Å². The highest BCUT2D eigenvalue weighted by Crippen LogP contribution is 2.02. The van der Waals surface area contributed by atoms with Crippen LogP contribution in [0.3, 0.4) is 0 Å². The quantitative estimate of drug-likeness (QED) is 0.487. The topological polar surface area (TPSA) is 63.3 Å². The Balaban J connectivity index is 3.29. The van der Waals surface area contributed by atoms with Gasteiger partial charge in [-0.1, -0.05) is 5.92 Å². The third-order valence-corrected chi connectivity index (χ3v) is 2.11. The fraction of sp³-hybridized carbons (Fsp3) is 0.625. The van der Waals surface area contributed by atoms with Gasteiger partial charge in [0.2, 0.25) is 0 Å². The lowest BCUT2D eigenvalue weighted by atomic mass is 10.2. The van der Waals surface area contributed by atoms with E-state index in [2.05, 4.69) is 11.8 Å². The zero-order chi connectivity index (χ0) is 9.40. The van der Waals surface area contributed by atoms with Crippen molar-refractivity contribution in [2.45, 2.75) is 19.4 Å². The second-order valence-corrected chi connectivity index (χ2v) is 3.32. The van der Waals surface area contributed by atoms with Gasteiger partial charge in [0, 0.05) is 0 Å². The minimum absolute atomic E-state index is 0.505. The molecule has 0 fully saturated rings. The molecule has 1 atom stereocenters. The normalized spacial score (nSPS) is 11.5. The van der Waals surface area contributed by atoms with Crippen molar-refractivity contribution >= 4 is 17.7 Å².